The Morgan fingerprint density at radius 1 is 1.44 bits per heavy atom. The fourth-order valence-corrected chi connectivity index (χ4v) is 2.31. The molecule has 1 heterocycles. The molecule has 0 bridgehead atoms. The smallest absolute Gasteiger partial charge is 0.329 e. The highest BCUT2D eigenvalue weighted by Gasteiger charge is 2.43. The minimum absolute atomic E-state index is 0.00559. The Morgan fingerprint density at radius 3 is 2.50 bits per heavy atom. The number of aliphatic carboxylic acids is 1. The van der Waals surface area contributed by atoms with E-state index in [-0.39, 0.29) is 16.5 Å². The van der Waals surface area contributed by atoms with E-state index >= 15 is 0 Å². The number of carboxylic acid groups (broad SMARTS) is 1. The molecule has 1 aliphatic rings. The standard InChI is InChI=1S/C10H13ClN4O3/c11-5-6(14-15-7(5)12)8(16)13-10(9(17)18)3-1-2-4-10/h1-4H2,(H,13,16)(H,17,18)(H3,12,14,15). The van der Waals surface area contributed by atoms with E-state index in [1.165, 1.54) is 0 Å². The van der Waals surface area contributed by atoms with E-state index in [1.54, 1.807) is 0 Å². The molecule has 1 fully saturated rings. The Balaban J connectivity index is 2.20. The van der Waals surface area contributed by atoms with E-state index in [4.69, 9.17) is 17.3 Å². The van der Waals surface area contributed by atoms with Crippen molar-refractivity contribution < 1.29 is 14.7 Å². The highest BCUT2D eigenvalue weighted by Crippen LogP contribution is 2.31. The lowest BCUT2D eigenvalue weighted by Crippen LogP contribution is -2.52. The van der Waals surface area contributed by atoms with Crippen molar-refractivity contribution in [2.75, 3.05) is 5.73 Å². The van der Waals surface area contributed by atoms with Crippen molar-refractivity contribution in [3.05, 3.63) is 10.7 Å². The largest absolute Gasteiger partial charge is 0.480 e. The van der Waals surface area contributed by atoms with Crippen LogP contribution in [0.3, 0.4) is 0 Å². The molecule has 5 N–H and O–H groups in total. The van der Waals surface area contributed by atoms with E-state index < -0.39 is 17.4 Å². The second kappa shape index (κ2) is 4.49. The molecule has 0 radical (unpaired) electrons. The number of nitrogens with two attached hydrogens (primary N) is 1. The zero-order chi connectivity index (χ0) is 13.3. The van der Waals surface area contributed by atoms with E-state index in [9.17, 15) is 14.7 Å². The van der Waals surface area contributed by atoms with Gasteiger partial charge in [0, 0.05) is 0 Å². The second-order valence-electron chi connectivity index (χ2n) is 4.35. The first-order chi connectivity index (χ1) is 8.46. The zero-order valence-corrected chi connectivity index (χ0v) is 10.3. The summed E-state index contributed by atoms with van der Waals surface area (Å²) >= 11 is 5.79. The molecule has 1 aliphatic carbocycles. The Labute approximate surface area is 108 Å². The Kier molecular flexibility index (Phi) is 3.16. The molecule has 2 rings (SSSR count). The number of hydrogen-bond acceptors (Lipinski definition) is 4. The van der Waals surface area contributed by atoms with Crippen LogP contribution in [0.4, 0.5) is 5.82 Å². The summed E-state index contributed by atoms with van der Waals surface area (Å²) in [4.78, 5) is 23.2. The van der Waals surface area contributed by atoms with Gasteiger partial charge < -0.3 is 16.2 Å². The Morgan fingerprint density at radius 2 is 2.06 bits per heavy atom. The Hall–Kier alpha value is -1.76. The first-order valence-corrected chi connectivity index (χ1v) is 5.89. The number of nitrogens with zero attached hydrogens (tertiary/aromatic N) is 1. The van der Waals surface area contributed by atoms with Gasteiger partial charge in [-0.1, -0.05) is 24.4 Å². The number of carbonyl (C=O) groups is 2. The van der Waals surface area contributed by atoms with Crippen LogP contribution in [-0.2, 0) is 4.79 Å². The van der Waals surface area contributed by atoms with Crippen LogP contribution < -0.4 is 11.1 Å². The summed E-state index contributed by atoms with van der Waals surface area (Å²) in [6.45, 7) is 0. The van der Waals surface area contributed by atoms with Gasteiger partial charge in [-0.2, -0.15) is 5.10 Å². The molecule has 1 aromatic heterocycles. The van der Waals surface area contributed by atoms with Gasteiger partial charge in [0.05, 0.1) is 0 Å². The molecule has 0 aromatic carbocycles. The summed E-state index contributed by atoms with van der Waals surface area (Å²) in [5.41, 5.74) is 4.19. The van der Waals surface area contributed by atoms with Crippen molar-refractivity contribution in [3.63, 3.8) is 0 Å². The molecule has 1 amide bonds. The van der Waals surface area contributed by atoms with Crippen molar-refractivity contribution in [1.29, 1.82) is 0 Å². The number of H-pyrrole nitrogens is 1. The lowest BCUT2D eigenvalue weighted by Gasteiger charge is -2.24. The lowest BCUT2D eigenvalue weighted by atomic mass is 9.97. The molecular formula is C10H13ClN4O3. The highest BCUT2D eigenvalue weighted by molar-refractivity contribution is 6.35. The topological polar surface area (TPSA) is 121 Å². The second-order valence-corrected chi connectivity index (χ2v) is 4.72. The molecule has 0 atom stereocenters. The molecular weight excluding hydrogens is 260 g/mol. The number of nitrogens with one attached hydrogen (secondary N) is 2. The summed E-state index contributed by atoms with van der Waals surface area (Å²) in [5.74, 6) is -1.62. The molecule has 7 nitrogen and oxygen atoms in total. The van der Waals surface area contributed by atoms with Crippen LogP contribution in [0.25, 0.3) is 0 Å². The van der Waals surface area contributed by atoms with Crippen molar-refractivity contribution in [1.82, 2.24) is 15.5 Å². The van der Waals surface area contributed by atoms with Crippen LogP contribution in [0.2, 0.25) is 5.02 Å². The molecule has 0 spiro atoms. The van der Waals surface area contributed by atoms with E-state index in [2.05, 4.69) is 15.5 Å². The van der Waals surface area contributed by atoms with Crippen LogP contribution in [0, 0.1) is 0 Å². The maximum absolute atomic E-state index is 12.0. The van der Waals surface area contributed by atoms with E-state index in [0.29, 0.717) is 12.8 Å². The molecule has 0 aliphatic heterocycles. The molecule has 18 heavy (non-hydrogen) atoms. The van der Waals surface area contributed by atoms with Crippen LogP contribution >= 0.6 is 11.6 Å². The fourth-order valence-electron chi connectivity index (χ4n) is 2.14. The number of nitrogen functional groups attached to an aromatic ring is 1. The maximum atomic E-state index is 12.0. The SMILES string of the molecule is Nc1n[nH]c(C(=O)NC2(C(=O)O)CCCC2)c1Cl. The molecule has 98 valence electrons. The third-order valence-corrected chi connectivity index (χ3v) is 3.56. The van der Waals surface area contributed by atoms with Gasteiger partial charge in [0.2, 0.25) is 0 Å². The minimum atomic E-state index is -1.21. The third-order valence-electron chi connectivity index (χ3n) is 3.18. The number of anilines is 1. The van der Waals surface area contributed by atoms with Crippen LogP contribution in [0.1, 0.15) is 36.2 Å². The summed E-state index contributed by atoms with van der Waals surface area (Å²) in [6, 6.07) is 0. The van der Waals surface area contributed by atoms with Crippen LogP contribution in [0.15, 0.2) is 0 Å². The van der Waals surface area contributed by atoms with Gasteiger partial charge in [-0.3, -0.25) is 9.89 Å². The number of hydrogen-bond donors (Lipinski definition) is 4. The summed E-state index contributed by atoms with van der Waals surface area (Å²) < 4.78 is 0. The molecule has 0 saturated heterocycles. The van der Waals surface area contributed by atoms with Crippen molar-refractivity contribution in [2.45, 2.75) is 31.2 Å². The number of carboxylic acids is 1. The predicted molar refractivity (Wildman–Crippen MR) is 64.3 cm³/mol. The fraction of sp³-hybridized carbons (Fsp3) is 0.500. The van der Waals surface area contributed by atoms with Gasteiger partial charge >= 0.3 is 5.97 Å². The van der Waals surface area contributed by atoms with Crippen LogP contribution in [0.5, 0.6) is 0 Å². The number of rotatable bonds is 3. The van der Waals surface area contributed by atoms with E-state index in [0.717, 1.165) is 12.8 Å². The first kappa shape index (κ1) is 12.7. The molecule has 1 aromatic rings. The third kappa shape index (κ3) is 2.01. The minimum Gasteiger partial charge on any atom is -0.480 e. The van der Waals surface area contributed by atoms with Gasteiger partial charge in [-0.05, 0) is 12.8 Å². The average molecular weight is 273 g/mol. The highest BCUT2D eigenvalue weighted by atomic mass is 35.5. The Bertz CT molecular complexity index is 493. The average Bonchev–Trinajstić information content (AvgIpc) is 2.89. The van der Waals surface area contributed by atoms with Gasteiger partial charge in [0.1, 0.15) is 16.3 Å². The summed E-state index contributed by atoms with van der Waals surface area (Å²) in [5, 5.41) is 17.7. The number of amides is 1. The molecule has 0 unspecified atom stereocenters. The molecule has 8 heteroatoms. The van der Waals surface area contributed by atoms with E-state index in [1.807, 2.05) is 0 Å². The number of halogens is 1. The summed E-state index contributed by atoms with van der Waals surface area (Å²) in [7, 11) is 0. The van der Waals surface area contributed by atoms with Gasteiger partial charge in [0.15, 0.2) is 5.82 Å². The molecule has 1 saturated carbocycles. The van der Waals surface area contributed by atoms with Gasteiger partial charge in [-0.15, -0.1) is 0 Å². The van der Waals surface area contributed by atoms with Gasteiger partial charge in [-0.25, -0.2) is 4.79 Å². The van der Waals surface area contributed by atoms with Crippen molar-refractivity contribution in [2.24, 2.45) is 0 Å². The van der Waals surface area contributed by atoms with Crippen LogP contribution in [-0.4, -0.2) is 32.7 Å². The predicted octanol–water partition coefficient (Wildman–Crippen LogP) is 0.772. The number of aromatic amines is 1. The van der Waals surface area contributed by atoms with Gasteiger partial charge in [0.25, 0.3) is 5.91 Å². The monoisotopic (exact) mass is 272 g/mol. The normalized spacial score (nSPS) is 17.6. The zero-order valence-electron chi connectivity index (χ0n) is 9.49. The quantitative estimate of drug-likeness (QED) is 0.648. The van der Waals surface area contributed by atoms with Crippen molar-refractivity contribution in [3.8, 4) is 0 Å². The van der Waals surface area contributed by atoms with Crippen molar-refractivity contribution >= 4 is 29.3 Å². The number of carbonyl (C=O) groups excluding carboxylic acids is 1. The number of aromatic nitrogens is 2. The first-order valence-electron chi connectivity index (χ1n) is 5.51. The maximum Gasteiger partial charge on any atom is 0.329 e. The summed E-state index contributed by atoms with van der Waals surface area (Å²) in [6.07, 6.45) is 2.36. The lowest BCUT2D eigenvalue weighted by molar-refractivity contribution is -0.144.